The average Bonchev–Trinajstić information content (AvgIpc) is 3.01. The zero-order chi connectivity index (χ0) is 21.7. The van der Waals surface area contributed by atoms with Crippen LogP contribution in [0.3, 0.4) is 0 Å². The molecule has 3 heterocycles. The van der Waals surface area contributed by atoms with Gasteiger partial charge in [-0.1, -0.05) is 18.9 Å². The Labute approximate surface area is 181 Å². The van der Waals surface area contributed by atoms with Gasteiger partial charge in [0, 0.05) is 37.6 Å². The van der Waals surface area contributed by atoms with Gasteiger partial charge in [0.25, 0.3) is 0 Å². The van der Waals surface area contributed by atoms with Gasteiger partial charge in [0.15, 0.2) is 0 Å². The Morgan fingerprint density at radius 3 is 2.48 bits per heavy atom. The third-order valence-electron chi connectivity index (χ3n) is 5.21. The number of benzene rings is 1. The first-order valence-electron chi connectivity index (χ1n) is 10.2. The minimum absolute atomic E-state index is 0.139. The number of hydrogen-bond acceptors (Lipinski definition) is 7. The van der Waals surface area contributed by atoms with Crippen molar-refractivity contribution < 1.29 is 12.8 Å². The van der Waals surface area contributed by atoms with Gasteiger partial charge < -0.3 is 9.73 Å². The second-order valence-electron chi connectivity index (χ2n) is 7.37. The molecule has 2 aromatic heterocycles. The second-order valence-corrected chi connectivity index (χ2v) is 9.30. The Balaban J connectivity index is 1.52. The van der Waals surface area contributed by atoms with E-state index in [0.29, 0.717) is 25.2 Å². The van der Waals surface area contributed by atoms with Crippen LogP contribution in [0.2, 0.25) is 0 Å². The van der Waals surface area contributed by atoms with Crippen LogP contribution in [-0.2, 0) is 16.6 Å². The van der Waals surface area contributed by atoms with Crippen molar-refractivity contribution in [3.63, 3.8) is 0 Å². The van der Waals surface area contributed by atoms with Crippen LogP contribution in [0, 0.1) is 11.3 Å². The summed E-state index contributed by atoms with van der Waals surface area (Å²) < 4.78 is 33.2. The summed E-state index contributed by atoms with van der Waals surface area (Å²) in [6.07, 6.45) is 7.31. The van der Waals surface area contributed by atoms with E-state index in [1.165, 1.54) is 0 Å². The molecule has 1 aliphatic heterocycles. The van der Waals surface area contributed by atoms with E-state index in [9.17, 15) is 13.7 Å². The second kappa shape index (κ2) is 9.29. The average molecular weight is 438 g/mol. The zero-order valence-electron chi connectivity index (χ0n) is 17.0. The van der Waals surface area contributed by atoms with E-state index in [0.717, 1.165) is 31.2 Å². The van der Waals surface area contributed by atoms with Crippen LogP contribution in [0.4, 0.5) is 5.88 Å². The molecule has 31 heavy (non-hydrogen) atoms. The number of nitrogens with one attached hydrogen (secondary N) is 1. The molecule has 1 aliphatic rings. The summed E-state index contributed by atoms with van der Waals surface area (Å²) in [5, 5.41) is 12.4. The monoisotopic (exact) mass is 437 g/mol. The molecule has 0 radical (unpaired) electrons. The number of aromatic nitrogens is 2. The first-order chi connectivity index (χ1) is 15.1. The topological polar surface area (TPSA) is 112 Å². The van der Waals surface area contributed by atoms with Gasteiger partial charge in [-0.15, -0.1) is 0 Å². The lowest BCUT2D eigenvalue weighted by Gasteiger charge is -2.19. The van der Waals surface area contributed by atoms with Gasteiger partial charge in [-0.25, -0.2) is 8.42 Å². The number of anilines is 1. The Morgan fingerprint density at radius 1 is 1.10 bits per heavy atom. The lowest BCUT2D eigenvalue weighted by Crippen LogP contribution is -2.31. The number of hydrogen-bond donors (Lipinski definition) is 1. The molecule has 1 saturated heterocycles. The normalized spacial score (nSPS) is 15.2. The molecule has 160 valence electrons. The first-order valence-corrected chi connectivity index (χ1v) is 11.7. The molecule has 1 fully saturated rings. The van der Waals surface area contributed by atoms with Crippen LogP contribution < -0.4 is 5.32 Å². The highest BCUT2D eigenvalue weighted by Crippen LogP contribution is 2.28. The number of nitrogens with zero attached hydrogens (tertiary/aromatic N) is 4. The van der Waals surface area contributed by atoms with Gasteiger partial charge >= 0.3 is 0 Å². The van der Waals surface area contributed by atoms with Gasteiger partial charge in [0.1, 0.15) is 6.07 Å². The molecular weight excluding hydrogens is 414 g/mol. The van der Waals surface area contributed by atoms with Crippen LogP contribution in [0.15, 0.2) is 58.1 Å². The molecule has 9 heteroatoms. The Bertz CT molecular complexity index is 1160. The minimum Gasteiger partial charge on any atom is -0.419 e. The van der Waals surface area contributed by atoms with Crippen molar-refractivity contribution in [2.24, 2.45) is 0 Å². The van der Waals surface area contributed by atoms with Crippen LogP contribution >= 0.6 is 0 Å². The third-order valence-corrected chi connectivity index (χ3v) is 7.13. The van der Waals surface area contributed by atoms with Gasteiger partial charge in [-0.05, 0) is 48.7 Å². The van der Waals surface area contributed by atoms with Gasteiger partial charge in [-0.2, -0.15) is 14.6 Å². The maximum Gasteiger partial charge on any atom is 0.243 e. The quantitative estimate of drug-likeness (QED) is 0.624. The summed E-state index contributed by atoms with van der Waals surface area (Å²) in [4.78, 5) is 8.55. The number of sulfonamides is 1. The molecule has 0 unspecified atom stereocenters. The maximum atomic E-state index is 12.9. The molecule has 4 rings (SSSR count). The van der Waals surface area contributed by atoms with Crippen molar-refractivity contribution >= 4 is 15.9 Å². The van der Waals surface area contributed by atoms with Crippen molar-refractivity contribution in [2.45, 2.75) is 37.1 Å². The van der Waals surface area contributed by atoms with Crippen molar-refractivity contribution in [1.29, 1.82) is 5.26 Å². The highest BCUT2D eigenvalue weighted by atomic mass is 32.2. The predicted octanol–water partition coefficient (Wildman–Crippen LogP) is 3.79. The first kappa shape index (κ1) is 21.0. The highest BCUT2D eigenvalue weighted by Gasteiger charge is 2.25. The molecule has 0 atom stereocenters. The van der Waals surface area contributed by atoms with Crippen LogP contribution in [0.5, 0.6) is 0 Å². The maximum absolute atomic E-state index is 12.9. The van der Waals surface area contributed by atoms with E-state index >= 15 is 0 Å². The van der Waals surface area contributed by atoms with Crippen LogP contribution in [-0.4, -0.2) is 35.8 Å². The van der Waals surface area contributed by atoms with Crippen molar-refractivity contribution in [1.82, 2.24) is 14.3 Å². The fourth-order valence-electron chi connectivity index (χ4n) is 3.52. The van der Waals surface area contributed by atoms with E-state index in [1.807, 2.05) is 18.2 Å². The van der Waals surface area contributed by atoms with Crippen molar-refractivity contribution in [2.75, 3.05) is 18.4 Å². The van der Waals surface area contributed by atoms with Crippen molar-refractivity contribution in [3.8, 4) is 17.5 Å². The fraction of sp³-hybridized carbons (Fsp3) is 0.318. The largest absolute Gasteiger partial charge is 0.419 e. The number of oxazole rings is 1. The SMILES string of the molecule is N#Cc1nc(-c2ccc(S(=O)(=O)N3CCCCCC3)cc2)oc1NCc1cccnc1. The van der Waals surface area contributed by atoms with E-state index < -0.39 is 10.0 Å². The van der Waals surface area contributed by atoms with E-state index in [-0.39, 0.29) is 22.4 Å². The Kier molecular flexibility index (Phi) is 6.30. The summed E-state index contributed by atoms with van der Waals surface area (Å²) in [6, 6.07) is 12.2. The lowest BCUT2D eigenvalue weighted by molar-refractivity contribution is 0.423. The minimum atomic E-state index is -3.52. The number of rotatable bonds is 6. The molecule has 1 N–H and O–H groups in total. The number of nitriles is 1. The van der Waals surface area contributed by atoms with Crippen molar-refractivity contribution in [3.05, 3.63) is 60.0 Å². The summed E-state index contributed by atoms with van der Waals surface area (Å²) in [7, 11) is -3.52. The molecule has 0 aliphatic carbocycles. The van der Waals surface area contributed by atoms with Crippen LogP contribution in [0.25, 0.3) is 11.5 Å². The Hall–Kier alpha value is -3.22. The molecule has 0 amide bonds. The molecule has 3 aromatic rings. The van der Waals surface area contributed by atoms with Gasteiger partial charge in [0.05, 0.1) is 4.90 Å². The molecular formula is C22H23N5O3S. The fourth-order valence-corrected chi connectivity index (χ4v) is 5.04. The summed E-state index contributed by atoms with van der Waals surface area (Å²) in [5.41, 5.74) is 1.67. The molecule has 0 bridgehead atoms. The van der Waals surface area contributed by atoms with Gasteiger partial charge in [0.2, 0.25) is 27.5 Å². The Morgan fingerprint density at radius 2 is 1.84 bits per heavy atom. The molecule has 1 aromatic carbocycles. The van der Waals surface area contributed by atoms with E-state index in [1.54, 1.807) is 41.0 Å². The lowest BCUT2D eigenvalue weighted by atomic mass is 10.2. The number of pyridine rings is 1. The van der Waals surface area contributed by atoms with E-state index in [4.69, 9.17) is 4.42 Å². The molecule has 0 spiro atoms. The van der Waals surface area contributed by atoms with Gasteiger partial charge in [-0.3, -0.25) is 4.98 Å². The predicted molar refractivity (Wildman–Crippen MR) is 115 cm³/mol. The smallest absolute Gasteiger partial charge is 0.243 e. The third kappa shape index (κ3) is 4.76. The summed E-state index contributed by atoms with van der Waals surface area (Å²) in [6.45, 7) is 1.55. The van der Waals surface area contributed by atoms with Crippen LogP contribution in [0.1, 0.15) is 36.9 Å². The summed E-state index contributed by atoms with van der Waals surface area (Å²) >= 11 is 0. The molecule has 8 nitrogen and oxygen atoms in total. The van der Waals surface area contributed by atoms with E-state index in [2.05, 4.69) is 15.3 Å². The molecule has 0 saturated carbocycles. The summed E-state index contributed by atoms with van der Waals surface area (Å²) in [5.74, 6) is 0.520. The standard InChI is InChI=1S/C22H23N5O3S/c23-14-20-22(25-16-17-6-5-11-24-15-17)30-21(26-20)18-7-9-19(10-8-18)31(28,29)27-12-3-1-2-4-13-27/h5-11,15,25H,1-4,12-13,16H2. The highest BCUT2D eigenvalue weighted by molar-refractivity contribution is 7.89. The zero-order valence-corrected chi connectivity index (χ0v) is 17.8.